The van der Waals surface area contributed by atoms with Gasteiger partial charge in [0.15, 0.2) is 5.69 Å². The third-order valence-corrected chi connectivity index (χ3v) is 4.05. The zero-order valence-corrected chi connectivity index (χ0v) is 12.8. The molecule has 0 aromatic carbocycles. The van der Waals surface area contributed by atoms with Crippen molar-refractivity contribution in [2.24, 2.45) is 0 Å². The van der Waals surface area contributed by atoms with Gasteiger partial charge in [0.05, 0.1) is 11.4 Å². The van der Waals surface area contributed by atoms with Gasteiger partial charge in [-0.15, -0.1) is 0 Å². The quantitative estimate of drug-likeness (QED) is 0.943. The molecule has 2 aromatic rings. The minimum Gasteiger partial charge on any atom is -0.297 e. The molecule has 8 heteroatoms. The summed E-state index contributed by atoms with van der Waals surface area (Å²) in [6, 6.07) is 1.12. The summed E-state index contributed by atoms with van der Waals surface area (Å²) in [6.45, 7) is 4.13. The van der Waals surface area contributed by atoms with Gasteiger partial charge in [0.1, 0.15) is 0 Å². The molecule has 0 unspecified atom stereocenters. The van der Waals surface area contributed by atoms with Crippen LogP contribution in [-0.2, 0) is 12.7 Å². The van der Waals surface area contributed by atoms with Gasteiger partial charge in [-0.2, -0.15) is 18.3 Å². The third-order valence-electron chi connectivity index (χ3n) is 4.05. The Kier molecular flexibility index (Phi) is 4.34. The van der Waals surface area contributed by atoms with E-state index in [9.17, 15) is 13.2 Å². The average molecular weight is 325 g/mol. The molecule has 0 saturated carbocycles. The normalized spacial score (nSPS) is 19.9. The van der Waals surface area contributed by atoms with Gasteiger partial charge >= 0.3 is 6.18 Å². The fraction of sp³-hybridized carbons (Fsp3) is 0.533. The van der Waals surface area contributed by atoms with E-state index >= 15 is 0 Å². The number of halogens is 3. The molecule has 5 nitrogen and oxygen atoms in total. The first-order valence-electron chi connectivity index (χ1n) is 7.54. The molecule has 2 aromatic heterocycles. The Bertz CT molecular complexity index is 650. The minimum atomic E-state index is -4.40. The summed E-state index contributed by atoms with van der Waals surface area (Å²) in [5.41, 5.74) is 1.44. The van der Waals surface area contributed by atoms with E-state index in [-0.39, 0.29) is 5.92 Å². The molecule has 0 bridgehead atoms. The Morgan fingerprint density at radius 2 is 2.13 bits per heavy atom. The van der Waals surface area contributed by atoms with Crippen molar-refractivity contribution in [3.05, 3.63) is 41.2 Å². The summed E-state index contributed by atoms with van der Waals surface area (Å²) in [5, 5.41) is 5.94. The molecular weight excluding hydrogens is 307 g/mol. The van der Waals surface area contributed by atoms with Crippen molar-refractivity contribution >= 4 is 0 Å². The number of alkyl halides is 3. The summed E-state index contributed by atoms with van der Waals surface area (Å²) in [6.07, 6.45) is 0.860. The molecule has 1 saturated heterocycles. The van der Waals surface area contributed by atoms with Gasteiger partial charge < -0.3 is 0 Å². The van der Waals surface area contributed by atoms with E-state index in [0.29, 0.717) is 18.8 Å². The molecule has 0 aliphatic carbocycles. The number of aromatic amines is 1. The summed E-state index contributed by atoms with van der Waals surface area (Å²) in [4.78, 5) is 10.8. The molecule has 1 aliphatic rings. The highest BCUT2D eigenvalue weighted by molar-refractivity contribution is 5.16. The van der Waals surface area contributed by atoms with Crippen LogP contribution in [0.2, 0.25) is 0 Å². The number of hydrogen-bond acceptors (Lipinski definition) is 4. The summed E-state index contributed by atoms with van der Waals surface area (Å²) >= 11 is 0. The molecule has 1 N–H and O–H groups in total. The molecule has 3 heterocycles. The molecule has 3 rings (SSSR count). The molecular formula is C15H18F3N5. The van der Waals surface area contributed by atoms with Gasteiger partial charge in [0, 0.05) is 37.1 Å². The maximum atomic E-state index is 12.7. The fourth-order valence-electron chi connectivity index (χ4n) is 2.87. The molecule has 0 amide bonds. The maximum absolute atomic E-state index is 12.7. The van der Waals surface area contributed by atoms with Crippen LogP contribution < -0.4 is 0 Å². The molecule has 23 heavy (non-hydrogen) atoms. The van der Waals surface area contributed by atoms with Gasteiger partial charge in [0.25, 0.3) is 0 Å². The predicted molar refractivity (Wildman–Crippen MR) is 77.6 cm³/mol. The van der Waals surface area contributed by atoms with Gasteiger partial charge in [-0.05, 0) is 32.4 Å². The standard InChI is InChI=1S/C15H18F3N5/c1-10-6-20-12(7-19-10)9-23-4-2-3-11(8-23)13-5-14(22-21-13)15(16,17)18/h5-7,11H,2-4,8-9H2,1H3,(H,21,22)/t11-/m0/s1. The highest BCUT2D eigenvalue weighted by Gasteiger charge is 2.35. The molecule has 1 fully saturated rings. The number of likely N-dealkylation sites (tertiary alicyclic amines) is 1. The number of H-pyrrole nitrogens is 1. The van der Waals surface area contributed by atoms with Crippen molar-refractivity contribution in [2.75, 3.05) is 13.1 Å². The summed E-state index contributed by atoms with van der Waals surface area (Å²) in [5.74, 6) is 0.0331. The van der Waals surface area contributed by atoms with E-state index < -0.39 is 11.9 Å². The monoisotopic (exact) mass is 325 g/mol. The van der Waals surface area contributed by atoms with Crippen LogP contribution in [0.1, 0.15) is 41.5 Å². The highest BCUT2D eigenvalue weighted by Crippen LogP contribution is 2.32. The number of aromatic nitrogens is 4. The van der Waals surface area contributed by atoms with Crippen molar-refractivity contribution in [1.82, 2.24) is 25.1 Å². The topological polar surface area (TPSA) is 57.7 Å². The van der Waals surface area contributed by atoms with Crippen LogP contribution >= 0.6 is 0 Å². The maximum Gasteiger partial charge on any atom is 0.435 e. The fourth-order valence-corrected chi connectivity index (χ4v) is 2.87. The third kappa shape index (κ3) is 3.87. The van der Waals surface area contributed by atoms with Crippen LogP contribution in [0.3, 0.4) is 0 Å². The minimum absolute atomic E-state index is 0.0331. The van der Waals surface area contributed by atoms with Crippen molar-refractivity contribution in [3.63, 3.8) is 0 Å². The predicted octanol–water partition coefficient (Wildman–Crippen LogP) is 2.91. The van der Waals surface area contributed by atoms with E-state index in [0.717, 1.165) is 36.8 Å². The molecule has 0 radical (unpaired) electrons. The number of rotatable bonds is 3. The Labute approximate surface area is 131 Å². The van der Waals surface area contributed by atoms with Crippen LogP contribution in [-0.4, -0.2) is 38.2 Å². The van der Waals surface area contributed by atoms with Gasteiger partial charge in [-0.25, -0.2) is 0 Å². The summed E-state index contributed by atoms with van der Waals surface area (Å²) < 4.78 is 38.0. The van der Waals surface area contributed by atoms with Crippen LogP contribution in [0.4, 0.5) is 13.2 Å². The number of hydrogen-bond donors (Lipinski definition) is 1. The number of aryl methyl sites for hydroxylation is 1. The Morgan fingerprint density at radius 3 is 2.78 bits per heavy atom. The smallest absolute Gasteiger partial charge is 0.297 e. The lowest BCUT2D eigenvalue weighted by atomic mass is 9.94. The molecule has 0 spiro atoms. The molecule has 1 atom stereocenters. The summed E-state index contributed by atoms with van der Waals surface area (Å²) in [7, 11) is 0. The molecule has 1 aliphatic heterocycles. The zero-order valence-electron chi connectivity index (χ0n) is 12.8. The first-order valence-corrected chi connectivity index (χ1v) is 7.54. The lowest BCUT2D eigenvalue weighted by Gasteiger charge is -2.31. The number of nitrogens with zero attached hydrogens (tertiary/aromatic N) is 4. The highest BCUT2D eigenvalue weighted by atomic mass is 19.4. The second kappa shape index (κ2) is 6.27. The first kappa shape index (κ1) is 15.9. The lowest BCUT2D eigenvalue weighted by Crippen LogP contribution is -2.34. The lowest BCUT2D eigenvalue weighted by molar-refractivity contribution is -0.141. The van der Waals surface area contributed by atoms with E-state index in [1.165, 1.54) is 0 Å². The second-order valence-corrected chi connectivity index (χ2v) is 5.93. The number of piperidine rings is 1. The zero-order chi connectivity index (χ0) is 16.4. The van der Waals surface area contributed by atoms with Crippen LogP contribution in [0.5, 0.6) is 0 Å². The van der Waals surface area contributed by atoms with E-state index in [1.54, 1.807) is 12.4 Å². The Morgan fingerprint density at radius 1 is 1.30 bits per heavy atom. The van der Waals surface area contributed by atoms with Crippen LogP contribution in [0.25, 0.3) is 0 Å². The van der Waals surface area contributed by atoms with Crippen molar-refractivity contribution in [1.29, 1.82) is 0 Å². The largest absolute Gasteiger partial charge is 0.435 e. The number of nitrogens with one attached hydrogen (secondary N) is 1. The van der Waals surface area contributed by atoms with Gasteiger partial charge in [-0.3, -0.25) is 20.0 Å². The van der Waals surface area contributed by atoms with Gasteiger partial charge in [-0.1, -0.05) is 0 Å². The van der Waals surface area contributed by atoms with E-state index in [4.69, 9.17) is 0 Å². The van der Waals surface area contributed by atoms with Crippen molar-refractivity contribution < 1.29 is 13.2 Å². The first-order chi connectivity index (χ1) is 10.9. The Hall–Kier alpha value is -1.96. The van der Waals surface area contributed by atoms with Crippen molar-refractivity contribution in [3.8, 4) is 0 Å². The SMILES string of the molecule is Cc1cnc(CN2CCC[C@H](c3cc(C(F)(F)F)n[nH]3)C2)cn1. The van der Waals surface area contributed by atoms with Crippen LogP contribution in [0.15, 0.2) is 18.5 Å². The van der Waals surface area contributed by atoms with Gasteiger partial charge in [0.2, 0.25) is 0 Å². The Balaban J connectivity index is 1.66. The van der Waals surface area contributed by atoms with Crippen LogP contribution in [0, 0.1) is 6.92 Å². The van der Waals surface area contributed by atoms with Crippen molar-refractivity contribution in [2.45, 2.75) is 38.4 Å². The van der Waals surface area contributed by atoms with E-state index in [1.807, 2.05) is 6.92 Å². The van der Waals surface area contributed by atoms with E-state index in [2.05, 4.69) is 25.1 Å². The average Bonchev–Trinajstić information content (AvgIpc) is 3.00. The molecule has 124 valence electrons. The second-order valence-electron chi connectivity index (χ2n) is 5.93.